The third kappa shape index (κ3) is 6.73. The van der Waals surface area contributed by atoms with Crippen LogP contribution in [0.3, 0.4) is 0 Å². The van der Waals surface area contributed by atoms with E-state index in [9.17, 15) is 9.59 Å². The van der Waals surface area contributed by atoms with Gasteiger partial charge in [-0.25, -0.2) is 4.79 Å². The standard InChI is InChI=1S/C14H19NO3S/c1-6-11(15(5)10-16)12(13(17)18)19-9-7-8-14(2,3)4/h6,10H,1,9H2,2-5H3,(H,17,18)/b12-11+. The largest absolute Gasteiger partial charge is 0.477 e. The molecule has 0 radical (unpaired) electrons. The van der Waals surface area contributed by atoms with Gasteiger partial charge in [-0.3, -0.25) is 4.79 Å². The molecule has 0 aliphatic heterocycles. The molecular weight excluding hydrogens is 262 g/mol. The second-order valence-electron chi connectivity index (χ2n) is 4.78. The number of nitrogens with zero attached hydrogens (tertiary/aromatic N) is 1. The molecule has 4 nitrogen and oxygen atoms in total. The molecule has 5 heteroatoms. The van der Waals surface area contributed by atoms with Crippen LogP contribution in [0.15, 0.2) is 23.3 Å². The topological polar surface area (TPSA) is 57.6 Å². The second-order valence-corrected chi connectivity index (χ2v) is 5.77. The first kappa shape index (κ1) is 17.3. The summed E-state index contributed by atoms with van der Waals surface area (Å²) in [6.07, 6.45) is 1.89. The van der Waals surface area contributed by atoms with Crippen LogP contribution in [0.4, 0.5) is 0 Å². The molecule has 0 heterocycles. The van der Waals surface area contributed by atoms with Crippen molar-refractivity contribution in [3.8, 4) is 11.8 Å². The summed E-state index contributed by atoms with van der Waals surface area (Å²) in [6.45, 7) is 9.47. The molecule has 1 amide bonds. The van der Waals surface area contributed by atoms with E-state index in [1.165, 1.54) is 18.0 Å². The minimum Gasteiger partial charge on any atom is -0.477 e. The average Bonchev–Trinajstić information content (AvgIpc) is 2.30. The van der Waals surface area contributed by atoms with Crippen LogP contribution in [0.5, 0.6) is 0 Å². The monoisotopic (exact) mass is 281 g/mol. The maximum absolute atomic E-state index is 11.2. The van der Waals surface area contributed by atoms with E-state index in [2.05, 4.69) is 18.4 Å². The summed E-state index contributed by atoms with van der Waals surface area (Å²) in [4.78, 5) is 23.1. The van der Waals surface area contributed by atoms with Gasteiger partial charge in [0.25, 0.3) is 0 Å². The van der Waals surface area contributed by atoms with Crippen LogP contribution < -0.4 is 0 Å². The van der Waals surface area contributed by atoms with E-state index in [-0.39, 0.29) is 16.0 Å². The fourth-order valence-electron chi connectivity index (χ4n) is 1.11. The first-order chi connectivity index (χ1) is 8.72. The number of allylic oxidation sites excluding steroid dienone is 1. The minimum atomic E-state index is -1.09. The van der Waals surface area contributed by atoms with E-state index in [1.54, 1.807) is 0 Å². The molecular formula is C14H19NO3S. The fraction of sp³-hybridized carbons (Fsp3) is 0.429. The number of carboxylic acid groups (broad SMARTS) is 1. The van der Waals surface area contributed by atoms with Crippen molar-refractivity contribution in [2.45, 2.75) is 20.8 Å². The number of carbonyl (C=O) groups excluding carboxylic acids is 1. The second kappa shape index (κ2) is 7.70. The summed E-state index contributed by atoms with van der Waals surface area (Å²) in [5.74, 6) is 5.20. The van der Waals surface area contributed by atoms with Crippen molar-refractivity contribution >= 4 is 24.1 Å². The SMILES string of the molecule is C=C/C(=C(\SCC#CC(C)(C)C)C(=O)O)N(C)C=O. The fourth-order valence-corrected chi connectivity index (χ4v) is 1.90. The van der Waals surface area contributed by atoms with Crippen molar-refractivity contribution in [1.29, 1.82) is 0 Å². The van der Waals surface area contributed by atoms with Crippen LogP contribution in [-0.4, -0.2) is 35.2 Å². The minimum absolute atomic E-state index is 0.0628. The van der Waals surface area contributed by atoms with E-state index in [4.69, 9.17) is 5.11 Å². The first-order valence-electron chi connectivity index (χ1n) is 5.64. The van der Waals surface area contributed by atoms with Crippen molar-refractivity contribution in [3.05, 3.63) is 23.3 Å². The molecule has 0 saturated carbocycles. The van der Waals surface area contributed by atoms with Crippen molar-refractivity contribution in [2.24, 2.45) is 5.41 Å². The predicted molar refractivity (Wildman–Crippen MR) is 78.4 cm³/mol. The van der Waals surface area contributed by atoms with Gasteiger partial charge in [0.1, 0.15) is 4.91 Å². The van der Waals surface area contributed by atoms with Gasteiger partial charge in [-0.1, -0.05) is 18.4 Å². The Labute approximate surface area is 118 Å². The molecule has 0 aromatic carbocycles. The van der Waals surface area contributed by atoms with Crippen molar-refractivity contribution in [1.82, 2.24) is 4.90 Å². The zero-order valence-corrected chi connectivity index (χ0v) is 12.5. The van der Waals surface area contributed by atoms with Crippen LogP contribution in [0.1, 0.15) is 20.8 Å². The number of carboxylic acids is 1. The highest BCUT2D eigenvalue weighted by atomic mass is 32.2. The summed E-state index contributed by atoms with van der Waals surface area (Å²) in [5.41, 5.74) is 0.152. The maximum atomic E-state index is 11.2. The lowest BCUT2D eigenvalue weighted by molar-refractivity contribution is -0.131. The maximum Gasteiger partial charge on any atom is 0.344 e. The van der Waals surface area contributed by atoms with E-state index >= 15 is 0 Å². The highest BCUT2D eigenvalue weighted by Crippen LogP contribution is 2.22. The van der Waals surface area contributed by atoms with Crippen molar-refractivity contribution in [2.75, 3.05) is 12.8 Å². The Balaban J connectivity index is 5.07. The number of rotatable bonds is 6. The van der Waals surface area contributed by atoms with E-state index in [0.29, 0.717) is 12.2 Å². The van der Waals surface area contributed by atoms with E-state index in [0.717, 1.165) is 11.8 Å². The Kier molecular flexibility index (Phi) is 7.02. The van der Waals surface area contributed by atoms with E-state index < -0.39 is 5.97 Å². The number of likely N-dealkylation sites (N-methyl/N-ethyl adjacent to an activating group) is 1. The zero-order chi connectivity index (χ0) is 15.1. The number of aliphatic carboxylic acids is 1. The lowest BCUT2D eigenvalue weighted by Gasteiger charge is -2.14. The quantitative estimate of drug-likeness (QED) is 0.351. The molecule has 1 N–H and O–H groups in total. The lowest BCUT2D eigenvalue weighted by atomic mass is 9.98. The van der Waals surface area contributed by atoms with Crippen molar-refractivity contribution in [3.63, 3.8) is 0 Å². The molecule has 0 bridgehead atoms. The van der Waals surface area contributed by atoms with Gasteiger partial charge >= 0.3 is 5.97 Å². The summed E-state index contributed by atoms with van der Waals surface area (Å²) < 4.78 is 0. The van der Waals surface area contributed by atoms with Gasteiger partial charge in [0.05, 0.1) is 11.4 Å². The van der Waals surface area contributed by atoms with Crippen LogP contribution in [-0.2, 0) is 9.59 Å². The Bertz CT molecular complexity index is 450. The first-order valence-corrected chi connectivity index (χ1v) is 6.62. The third-order valence-electron chi connectivity index (χ3n) is 1.91. The Morgan fingerprint density at radius 1 is 1.47 bits per heavy atom. The van der Waals surface area contributed by atoms with Gasteiger partial charge in [-0.2, -0.15) is 0 Å². The molecule has 0 spiro atoms. The lowest BCUT2D eigenvalue weighted by Crippen LogP contribution is -2.17. The molecule has 0 aliphatic carbocycles. The average molecular weight is 281 g/mol. The summed E-state index contributed by atoms with van der Waals surface area (Å²) in [7, 11) is 1.48. The number of thioether (sulfide) groups is 1. The number of hydrogen-bond acceptors (Lipinski definition) is 3. The normalized spacial score (nSPS) is 11.8. The molecule has 0 fully saturated rings. The molecule has 0 unspecified atom stereocenters. The number of amides is 1. The molecule has 0 aromatic rings. The highest BCUT2D eigenvalue weighted by Gasteiger charge is 2.15. The Morgan fingerprint density at radius 2 is 2.05 bits per heavy atom. The molecule has 0 atom stereocenters. The van der Waals surface area contributed by atoms with Gasteiger partial charge in [-0.15, -0.1) is 11.8 Å². The van der Waals surface area contributed by atoms with Crippen LogP contribution in [0.2, 0.25) is 0 Å². The molecule has 0 aliphatic rings. The van der Waals surface area contributed by atoms with E-state index in [1.807, 2.05) is 20.8 Å². The van der Waals surface area contributed by atoms with Crippen LogP contribution in [0.25, 0.3) is 0 Å². The number of carbonyl (C=O) groups is 2. The molecule has 0 aromatic heterocycles. The van der Waals surface area contributed by atoms with Crippen LogP contribution in [0, 0.1) is 17.3 Å². The third-order valence-corrected chi connectivity index (χ3v) is 2.87. The zero-order valence-electron chi connectivity index (χ0n) is 11.7. The van der Waals surface area contributed by atoms with Gasteiger partial charge in [0.15, 0.2) is 0 Å². The Morgan fingerprint density at radius 3 is 2.42 bits per heavy atom. The smallest absolute Gasteiger partial charge is 0.344 e. The number of hydrogen-bond donors (Lipinski definition) is 1. The summed E-state index contributed by atoms with van der Waals surface area (Å²) in [5, 5.41) is 9.16. The van der Waals surface area contributed by atoms with Gasteiger partial charge < -0.3 is 10.0 Å². The Hall–Kier alpha value is -1.67. The van der Waals surface area contributed by atoms with Crippen molar-refractivity contribution < 1.29 is 14.7 Å². The predicted octanol–water partition coefficient (Wildman–Crippen LogP) is 2.34. The van der Waals surface area contributed by atoms with Gasteiger partial charge in [0.2, 0.25) is 6.41 Å². The van der Waals surface area contributed by atoms with Gasteiger partial charge in [-0.05, 0) is 26.8 Å². The summed E-state index contributed by atoms with van der Waals surface area (Å²) >= 11 is 1.08. The van der Waals surface area contributed by atoms with Gasteiger partial charge in [0, 0.05) is 12.5 Å². The molecule has 0 saturated heterocycles. The molecule has 19 heavy (non-hydrogen) atoms. The highest BCUT2D eigenvalue weighted by molar-refractivity contribution is 8.04. The summed E-state index contributed by atoms with van der Waals surface area (Å²) in [6, 6.07) is 0. The van der Waals surface area contributed by atoms with Crippen LogP contribution >= 0.6 is 11.8 Å². The molecule has 104 valence electrons. The molecule has 0 rings (SSSR count).